The Morgan fingerprint density at radius 2 is 2.00 bits per heavy atom. The van der Waals surface area contributed by atoms with Crippen molar-refractivity contribution in [3.63, 3.8) is 0 Å². The molecular weight excluding hydrogens is 359 g/mol. The smallest absolute Gasteiger partial charge is 0.270 e. The second-order valence-electron chi connectivity index (χ2n) is 7.31. The van der Waals surface area contributed by atoms with Gasteiger partial charge in [0.1, 0.15) is 5.69 Å². The van der Waals surface area contributed by atoms with E-state index in [1.165, 1.54) is 13.2 Å². The Kier molecular flexibility index (Phi) is 4.30. The molecular formula is C21H21FN4O2. The monoisotopic (exact) mass is 380 g/mol. The van der Waals surface area contributed by atoms with Crippen LogP contribution in [-0.2, 0) is 5.54 Å². The number of hydrogen-bond donors (Lipinski definition) is 2. The Bertz CT molecular complexity index is 1040. The summed E-state index contributed by atoms with van der Waals surface area (Å²) in [6.07, 6.45) is 5.35. The minimum atomic E-state index is -0.476. The van der Waals surface area contributed by atoms with E-state index in [-0.39, 0.29) is 17.2 Å². The standard InChI is InChI=1S/C21H21FN4O2/c1-21(2)12-24-20(27)18-17(25-16-6-4-5-15(22)19(16)28-3)14(11-26(18)21)13-7-9-23-10-8-13/h4-11,25H,12H2,1-3H3,(H,24,27). The average molecular weight is 380 g/mol. The van der Waals surface area contributed by atoms with Gasteiger partial charge in [-0.15, -0.1) is 0 Å². The zero-order valence-corrected chi connectivity index (χ0v) is 15.9. The number of benzene rings is 1. The fourth-order valence-corrected chi connectivity index (χ4v) is 3.50. The summed E-state index contributed by atoms with van der Waals surface area (Å²) in [5.41, 5.74) is 2.96. The highest BCUT2D eigenvalue weighted by atomic mass is 19.1. The van der Waals surface area contributed by atoms with E-state index in [0.29, 0.717) is 23.6 Å². The van der Waals surface area contributed by atoms with Crippen molar-refractivity contribution in [2.24, 2.45) is 0 Å². The van der Waals surface area contributed by atoms with Crippen molar-refractivity contribution in [1.82, 2.24) is 14.9 Å². The van der Waals surface area contributed by atoms with Crippen molar-refractivity contribution in [2.75, 3.05) is 19.0 Å². The van der Waals surface area contributed by atoms with Gasteiger partial charge in [-0.25, -0.2) is 4.39 Å². The van der Waals surface area contributed by atoms with E-state index >= 15 is 0 Å². The first kappa shape index (κ1) is 18.0. The van der Waals surface area contributed by atoms with Gasteiger partial charge in [0, 0.05) is 30.7 Å². The van der Waals surface area contributed by atoms with E-state index in [4.69, 9.17) is 4.74 Å². The van der Waals surface area contributed by atoms with Crippen LogP contribution in [0.25, 0.3) is 11.1 Å². The Morgan fingerprint density at radius 1 is 1.25 bits per heavy atom. The van der Waals surface area contributed by atoms with Gasteiger partial charge in [0.05, 0.1) is 24.0 Å². The van der Waals surface area contributed by atoms with E-state index in [1.807, 2.05) is 22.9 Å². The molecule has 0 radical (unpaired) electrons. The van der Waals surface area contributed by atoms with Gasteiger partial charge >= 0.3 is 0 Å². The Hall–Kier alpha value is -3.35. The maximum Gasteiger partial charge on any atom is 0.270 e. The third kappa shape index (κ3) is 2.89. The summed E-state index contributed by atoms with van der Waals surface area (Å²) in [5.74, 6) is -0.563. The summed E-state index contributed by atoms with van der Waals surface area (Å²) in [6.45, 7) is 4.63. The van der Waals surface area contributed by atoms with Crippen LogP contribution in [0.4, 0.5) is 15.8 Å². The van der Waals surface area contributed by atoms with Crippen molar-refractivity contribution >= 4 is 17.3 Å². The van der Waals surface area contributed by atoms with Crippen LogP contribution in [0.3, 0.4) is 0 Å². The molecule has 4 rings (SSSR count). The summed E-state index contributed by atoms with van der Waals surface area (Å²) in [6, 6.07) is 8.40. The van der Waals surface area contributed by atoms with Crippen molar-refractivity contribution in [2.45, 2.75) is 19.4 Å². The third-order valence-electron chi connectivity index (χ3n) is 4.98. The lowest BCUT2D eigenvalue weighted by molar-refractivity contribution is 0.0889. The zero-order chi connectivity index (χ0) is 19.9. The van der Waals surface area contributed by atoms with Crippen molar-refractivity contribution in [1.29, 1.82) is 0 Å². The molecule has 144 valence electrons. The van der Waals surface area contributed by atoms with Gasteiger partial charge in [-0.05, 0) is 43.7 Å². The Labute approximate surface area is 162 Å². The second-order valence-corrected chi connectivity index (χ2v) is 7.31. The third-order valence-corrected chi connectivity index (χ3v) is 4.98. The van der Waals surface area contributed by atoms with Gasteiger partial charge in [-0.1, -0.05) is 6.07 Å². The molecule has 7 heteroatoms. The number of anilines is 2. The normalized spacial score (nSPS) is 14.9. The summed E-state index contributed by atoms with van der Waals surface area (Å²) in [4.78, 5) is 16.8. The minimum Gasteiger partial charge on any atom is -0.492 e. The molecule has 0 bridgehead atoms. The molecule has 1 aliphatic heterocycles. The van der Waals surface area contributed by atoms with Crippen LogP contribution in [0.5, 0.6) is 5.75 Å². The molecule has 1 aromatic carbocycles. The first-order chi connectivity index (χ1) is 13.4. The summed E-state index contributed by atoms with van der Waals surface area (Å²) >= 11 is 0. The number of halogens is 1. The van der Waals surface area contributed by atoms with Crippen LogP contribution in [0.1, 0.15) is 24.3 Å². The molecule has 0 aliphatic carbocycles. The number of ether oxygens (including phenoxy) is 1. The number of rotatable bonds is 4. The molecule has 1 amide bonds. The summed E-state index contributed by atoms with van der Waals surface area (Å²) < 4.78 is 21.4. The molecule has 0 spiro atoms. The largest absolute Gasteiger partial charge is 0.492 e. The molecule has 6 nitrogen and oxygen atoms in total. The van der Waals surface area contributed by atoms with E-state index in [2.05, 4.69) is 29.5 Å². The van der Waals surface area contributed by atoms with E-state index < -0.39 is 5.82 Å². The molecule has 0 saturated carbocycles. The molecule has 2 N–H and O–H groups in total. The zero-order valence-electron chi connectivity index (χ0n) is 15.9. The van der Waals surface area contributed by atoms with Gasteiger partial charge in [0.25, 0.3) is 5.91 Å². The fourth-order valence-electron chi connectivity index (χ4n) is 3.50. The van der Waals surface area contributed by atoms with Crippen LogP contribution in [0.15, 0.2) is 48.9 Å². The van der Waals surface area contributed by atoms with Gasteiger partial charge in [0.2, 0.25) is 0 Å². The highest BCUT2D eigenvalue weighted by Crippen LogP contribution is 2.41. The number of nitrogens with one attached hydrogen (secondary N) is 2. The van der Waals surface area contributed by atoms with E-state index in [1.54, 1.807) is 24.5 Å². The van der Waals surface area contributed by atoms with Gasteiger partial charge in [-0.3, -0.25) is 9.78 Å². The lowest BCUT2D eigenvalue weighted by Crippen LogP contribution is -2.47. The number of pyridine rings is 1. The molecule has 0 saturated heterocycles. The first-order valence-corrected chi connectivity index (χ1v) is 8.96. The number of para-hydroxylation sites is 1. The van der Waals surface area contributed by atoms with Gasteiger partial charge < -0.3 is 19.9 Å². The van der Waals surface area contributed by atoms with Crippen LogP contribution in [0, 0.1) is 5.82 Å². The maximum absolute atomic E-state index is 14.2. The summed E-state index contributed by atoms with van der Waals surface area (Å²) in [7, 11) is 1.42. The number of hydrogen-bond acceptors (Lipinski definition) is 4. The molecule has 3 heterocycles. The molecule has 28 heavy (non-hydrogen) atoms. The van der Waals surface area contributed by atoms with Gasteiger partial charge in [-0.2, -0.15) is 0 Å². The first-order valence-electron chi connectivity index (χ1n) is 8.96. The van der Waals surface area contributed by atoms with Crippen molar-refractivity contribution < 1.29 is 13.9 Å². The lowest BCUT2D eigenvalue weighted by Gasteiger charge is -2.33. The van der Waals surface area contributed by atoms with E-state index in [0.717, 1.165) is 11.1 Å². The molecule has 0 fully saturated rings. The highest BCUT2D eigenvalue weighted by molar-refractivity contribution is 6.04. The number of aromatic nitrogens is 2. The second kappa shape index (κ2) is 6.67. The lowest BCUT2D eigenvalue weighted by atomic mass is 10.0. The predicted octanol–water partition coefficient (Wildman–Crippen LogP) is 3.92. The SMILES string of the molecule is COc1c(F)cccc1Nc1c(-c2ccncc2)cn2c1C(=O)NCC2(C)C. The average Bonchev–Trinajstić information content (AvgIpc) is 3.07. The number of nitrogens with zero attached hydrogens (tertiary/aromatic N) is 2. The molecule has 3 aromatic rings. The predicted molar refractivity (Wildman–Crippen MR) is 106 cm³/mol. The van der Waals surface area contributed by atoms with E-state index in [9.17, 15) is 9.18 Å². The molecule has 2 aromatic heterocycles. The Morgan fingerprint density at radius 3 is 2.71 bits per heavy atom. The number of fused-ring (bicyclic) bond motifs is 1. The van der Waals surface area contributed by atoms with Crippen molar-refractivity contribution in [3.8, 4) is 16.9 Å². The van der Waals surface area contributed by atoms with Crippen LogP contribution in [0.2, 0.25) is 0 Å². The molecule has 0 unspecified atom stereocenters. The minimum absolute atomic E-state index is 0.0959. The number of carbonyl (C=O) groups is 1. The van der Waals surface area contributed by atoms with Gasteiger partial charge in [0.15, 0.2) is 11.6 Å². The number of amides is 1. The topological polar surface area (TPSA) is 68.2 Å². The molecule has 1 aliphatic rings. The summed E-state index contributed by atoms with van der Waals surface area (Å²) in [5, 5.41) is 6.18. The fraction of sp³-hybridized carbons (Fsp3) is 0.238. The number of methoxy groups -OCH3 is 1. The maximum atomic E-state index is 14.2. The van der Waals surface area contributed by atoms with Crippen LogP contribution < -0.4 is 15.4 Å². The number of carbonyl (C=O) groups excluding carboxylic acids is 1. The van der Waals surface area contributed by atoms with Crippen LogP contribution in [-0.4, -0.2) is 29.1 Å². The Balaban J connectivity index is 1.94. The quantitative estimate of drug-likeness (QED) is 0.720. The van der Waals surface area contributed by atoms with Crippen LogP contribution >= 0.6 is 0 Å². The highest BCUT2D eigenvalue weighted by Gasteiger charge is 2.35. The van der Waals surface area contributed by atoms with Crippen molar-refractivity contribution in [3.05, 3.63) is 60.4 Å². The molecule has 0 atom stereocenters.